The topological polar surface area (TPSA) is 85.8 Å². The molecule has 0 aliphatic rings. The highest BCUT2D eigenvalue weighted by atomic mass is 32.2. The summed E-state index contributed by atoms with van der Waals surface area (Å²) in [6.45, 7) is 1.64. The van der Waals surface area contributed by atoms with Crippen molar-refractivity contribution >= 4 is 23.4 Å². The van der Waals surface area contributed by atoms with Crippen LogP contribution in [0.2, 0.25) is 0 Å². The highest BCUT2D eigenvalue weighted by Crippen LogP contribution is 2.26. The van der Waals surface area contributed by atoms with Crippen molar-refractivity contribution in [3.8, 4) is 11.4 Å². The molecule has 3 rings (SSSR count). The lowest BCUT2D eigenvalue weighted by Gasteiger charge is -2.12. The summed E-state index contributed by atoms with van der Waals surface area (Å²) < 4.78 is 28.2. The van der Waals surface area contributed by atoms with Gasteiger partial charge < -0.3 is 11.2 Å². The molecule has 26 heavy (non-hydrogen) atoms. The van der Waals surface area contributed by atoms with Crippen LogP contribution in [0.15, 0.2) is 53.7 Å². The minimum atomic E-state index is -0.610. The van der Waals surface area contributed by atoms with Gasteiger partial charge in [-0.25, -0.2) is 13.5 Å². The molecule has 0 saturated heterocycles. The molecule has 1 heterocycles. The smallest absolute Gasteiger partial charge is 0.237 e. The summed E-state index contributed by atoms with van der Waals surface area (Å²) in [6, 6.07) is 11.7. The molecule has 0 bridgehead atoms. The normalized spacial score (nSPS) is 12.0. The number of nitrogens with zero attached hydrogens (tertiary/aromatic N) is 3. The molecular weight excluding hydrogens is 360 g/mol. The van der Waals surface area contributed by atoms with E-state index in [9.17, 15) is 13.6 Å². The lowest BCUT2D eigenvalue weighted by Crippen LogP contribution is -2.24. The highest BCUT2D eigenvalue weighted by Gasteiger charge is 2.21. The Balaban J connectivity index is 1.73. The number of aromatic nitrogens is 3. The second kappa shape index (κ2) is 7.52. The molecule has 2 aromatic carbocycles. The zero-order valence-electron chi connectivity index (χ0n) is 13.7. The molecule has 0 aliphatic heterocycles. The summed E-state index contributed by atoms with van der Waals surface area (Å²) in [6.07, 6.45) is 0. The minimum Gasteiger partial charge on any atom is -0.335 e. The van der Waals surface area contributed by atoms with Gasteiger partial charge in [0.2, 0.25) is 11.1 Å². The van der Waals surface area contributed by atoms with Gasteiger partial charge in [0, 0.05) is 5.56 Å². The van der Waals surface area contributed by atoms with Gasteiger partial charge in [0.15, 0.2) is 5.82 Å². The van der Waals surface area contributed by atoms with Crippen LogP contribution in [-0.4, -0.2) is 26.0 Å². The third-order valence-electron chi connectivity index (χ3n) is 3.53. The molecule has 3 aromatic rings. The van der Waals surface area contributed by atoms with Crippen molar-refractivity contribution < 1.29 is 13.6 Å². The van der Waals surface area contributed by atoms with Crippen LogP contribution in [-0.2, 0) is 4.79 Å². The molecule has 1 aromatic heterocycles. The Kier molecular flexibility index (Phi) is 5.17. The van der Waals surface area contributed by atoms with E-state index >= 15 is 0 Å². The van der Waals surface area contributed by atoms with Gasteiger partial charge in [-0.15, -0.1) is 10.2 Å². The van der Waals surface area contributed by atoms with E-state index in [1.54, 1.807) is 19.1 Å². The van der Waals surface area contributed by atoms with Gasteiger partial charge in [0.05, 0.1) is 10.9 Å². The second-order valence-corrected chi connectivity index (χ2v) is 6.72. The summed E-state index contributed by atoms with van der Waals surface area (Å²) >= 11 is 1.06. The van der Waals surface area contributed by atoms with E-state index in [0.717, 1.165) is 11.8 Å². The number of nitrogen functional groups attached to an aromatic ring is 1. The molecule has 0 radical (unpaired) electrons. The summed E-state index contributed by atoms with van der Waals surface area (Å²) in [4.78, 5) is 12.3. The fourth-order valence-corrected chi connectivity index (χ4v) is 2.96. The fourth-order valence-electron chi connectivity index (χ4n) is 2.19. The van der Waals surface area contributed by atoms with E-state index in [2.05, 4.69) is 15.5 Å². The summed E-state index contributed by atoms with van der Waals surface area (Å²) in [5.41, 5.74) is 0.565. The number of thioether (sulfide) groups is 1. The van der Waals surface area contributed by atoms with Crippen molar-refractivity contribution in [2.45, 2.75) is 17.3 Å². The Morgan fingerprint density at radius 3 is 2.69 bits per heavy atom. The van der Waals surface area contributed by atoms with Crippen LogP contribution in [0.4, 0.5) is 14.5 Å². The van der Waals surface area contributed by atoms with E-state index in [4.69, 9.17) is 5.84 Å². The van der Waals surface area contributed by atoms with Gasteiger partial charge in [0.1, 0.15) is 11.6 Å². The van der Waals surface area contributed by atoms with Gasteiger partial charge >= 0.3 is 0 Å². The molecule has 0 spiro atoms. The van der Waals surface area contributed by atoms with E-state index in [1.807, 2.05) is 0 Å². The minimum absolute atomic E-state index is 0.0969. The number of para-hydroxylation sites is 1. The van der Waals surface area contributed by atoms with E-state index in [-0.39, 0.29) is 16.7 Å². The quantitative estimate of drug-likeness (QED) is 0.529. The summed E-state index contributed by atoms with van der Waals surface area (Å²) in [5, 5.41) is 10.1. The van der Waals surface area contributed by atoms with Crippen LogP contribution in [0, 0.1) is 11.6 Å². The van der Waals surface area contributed by atoms with Crippen LogP contribution in [0.25, 0.3) is 11.4 Å². The lowest BCUT2D eigenvalue weighted by atomic mass is 10.2. The average Bonchev–Trinajstić information content (AvgIpc) is 2.97. The first-order chi connectivity index (χ1) is 12.5. The number of carbonyl (C=O) groups is 1. The molecular formula is C17H15F2N5OS. The summed E-state index contributed by atoms with van der Waals surface area (Å²) in [7, 11) is 0. The number of anilines is 1. The Morgan fingerprint density at radius 2 is 1.96 bits per heavy atom. The Labute approximate surface area is 152 Å². The third-order valence-corrected chi connectivity index (χ3v) is 4.59. The SMILES string of the molecule is C[C@@H](Sc1nnc(-c2cccc(F)c2)n1N)C(=O)Nc1ccccc1F. The predicted octanol–water partition coefficient (Wildman–Crippen LogP) is 3.06. The van der Waals surface area contributed by atoms with E-state index in [1.165, 1.54) is 41.1 Å². The van der Waals surface area contributed by atoms with Crippen molar-refractivity contribution in [1.82, 2.24) is 14.9 Å². The monoisotopic (exact) mass is 375 g/mol. The number of rotatable bonds is 5. The molecule has 1 atom stereocenters. The first-order valence-corrected chi connectivity index (χ1v) is 8.52. The predicted molar refractivity (Wildman–Crippen MR) is 95.9 cm³/mol. The molecule has 0 fully saturated rings. The van der Waals surface area contributed by atoms with Crippen LogP contribution in [0.3, 0.4) is 0 Å². The van der Waals surface area contributed by atoms with Crippen molar-refractivity contribution in [3.63, 3.8) is 0 Å². The fraction of sp³-hybridized carbons (Fsp3) is 0.118. The Hall–Kier alpha value is -2.94. The molecule has 0 aliphatic carbocycles. The van der Waals surface area contributed by atoms with Crippen molar-refractivity contribution in [3.05, 3.63) is 60.2 Å². The maximum atomic E-state index is 13.6. The Morgan fingerprint density at radius 1 is 1.19 bits per heavy atom. The van der Waals surface area contributed by atoms with Crippen molar-refractivity contribution in [1.29, 1.82) is 0 Å². The van der Waals surface area contributed by atoms with Gasteiger partial charge in [-0.2, -0.15) is 0 Å². The zero-order valence-corrected chi connectivity index (χ0v) is 14.5. The second-order valence-electron chi connectivity index (χ2n) is 5.42. The van der Waals surface area contributed by atoms with Gasteiger partial charge in [0.25, 0.3) is 0 Å². The van der Waals surface area contributed by atoms with Gasteiger partial charge in [-0.1, -0.05) is 36.0 Å². The number of hydrogen-bond donors (Lipinski definition) is 2. The van der Waals surface area contributed by atoms with Crippen LogP contribution in [0.1, 0.15) is 6.92 Å². The molecule has 0 unspecified atom stereocenters. The first-order valence-electron chi connectivity index (χ1n) is 7.64. The number of amides is 1. The molecule has 1 amide bonds. The maximum Gasteiger partial charge on any atom is 0.237 e. The zero-order chi connectivity index (χ0) is 18.7. The van der Waals surface area contributed by atoms with Crippen LogP contribution in [0.5, 0.6) is 0 Å². The van der Waals surface area contributed by atoms with Crippen LogP contribution < -0.4 is 11.2 Å². The van der Waals surface area contributed by atoms with Crippen molar-refractivity contribution in [2.75, 3.05) is 11.2 Å². The third kappa shape index (κ3) is 3.83. The van der Waals surface area contributed by atoms with E-state index in [0.29, 0.717) is 5.56 Å². The molecule has 134 valence electrons. The molecule has 0 saturated carbocycles. The maximum absolute atomic E-state index is 13.6. The number of carbonyl (C=O) groups excluding carboxylic acids is 1. The standard InChI is InChI=1S/C17H15F2N5OS/c1-10(16(25)21-14-8-3-2-7-13(14)19)26-17-23-22-15(24(17)20)11-5-4-6-12(18)9-11/h2-10H,20H2,1H3,(H,21,25)/t10-/m1/s1. The Bertz CT molecular complexity index is 946. The number of benzene rings is 2. The van der Waals surface area contributed by atoms with Crippen molar-refractivity contribution in [2.24, 2.45) is 0 Å². The molecule has 3 N–H and O–H groups in total. The number of halogens is 2. The average molecular weight is 375 g/mol. The first kappa shape index (κ1) is 17.9. The van der Waals surface area contributed by atoms with Gasteiger partial charge in [-0.3, -0.25) is 4.79 Å². The molecule has 6 nitrogen and oxygen atoms in total. The van der Waals surface area contributed by atoms with Crippen LogP contribution >= 0.6 is 11.8 Å². The number of hydrogen-bond acceptors (Lipinski definition) is 5. The summed E-state index contributed by atoms with van der Waals surface area (Å²) in [5.74, 6) is 4.89. The number of nitrogens with one attached hydrogen (secondary N) is 1. The number of nitrogens with two attached hydrogens (primary N) is 1. The largest absolute Gasteiger partial charge is 0.335 e. The lowest BCUT2D eigenvalue weighted by molar-refractivity contribution is -0.115. The van der Waals surface area contributed by atoms with Gasteiger partial charge in [-0.05, 0) is 31.2 Å². The highest BCUT2D eigenvalue weighted by molar-refractivity contribution is 8.00. The van der Waals surface area contributed by atoms with E-state index < -0.39 is 22.8 Å². The molecule has 9 heteroatoms.